The molecular formula is C14H12F3NO2. The van der Waals surface area contributed by atoms with E-state index in [0.29, 0.717) is 11.3 Å². The number of alkyl halides is 3. The fourth-order valence-electron chi connectivity index (χ4n) is 1.85. The number of aliphatic hydroxyl groups excluding tert-OH is 1. The number of aromatic nitrogens is 1. The van der Waals surface area contributed by atoms with Gasteiger partial charge in [-0.05, 0) is 23.8 Å². The summed E-state index contributed by atoms with van der Waals surface area (Å²) in [5.74, 6) is 0.317. The van der Waals surface area contributed by atoms with Crippen molar-refractivity contribution in [3.05, 3.63) is 59.4 Å². The van der Waals surface area contributed by atoms with Crippen molar-refractivity contribution in [1.29, 1.82) is 0 Å². The van der Waals surface area contributed by atoms with E-state index in [9.17, 15) is 18.3 Å². The first-order valence-corrected chi connectivity index (χ1v) is 5.76. The maximum Gasteiger partial charge on any atom is 0.416 e. The molecule has 0 amide bonds. The summed E-state index contributed by atoms with van der Waals surface area (Å²) in [5.41, 5.74) is -0.298. The molecule has 0 bridgehead atoms. The van der Waals surface area contributed by atoms with Crippen molar-refractivity contribution in [2.24, 2.45) is 0 Å². The highest BCUT2D eigenvalue weighted by molar-refractivity contribution is 5.39. The molecule has 0 saturated heterocycles. The van der Waals surface area contributed by atoms with Gasteiger partial charge in [-0.3, -0.25) is 4.98 Å². The largest absolute Gasteiger partial charge is 0.495 e. The number of methoxy groups -OCH3 is 1. The molecule has 0 saturated carbocycles. The second kappa shape index (κ2) is 5.50. The van der Waals surface area contributed by atoms with Crippen molar-refractivity contribution in [3.63, 3.8) is 0 Å². The minimum atomic E-state index is -4.45. The zero-order valence-electron chi connectivity index (χ0n) is 10.6. The molecule has 1 atom stereocenters. The van der Waals surface area contributed by atoms with Gasteiger partial charge in [-0.1, -0.05) is 12.1 Å². The van der Waals surface area contributed by atoms with E-state index >= 15 is 0 Å². The summed E-state index contributed by atoms with van der Waals surface area (Å²) in [6, 6.07) is 6.07. The minimum absolute atomic E-state index is 0.143. The number of ether oxygens (including phenoxy) is 1. The summed E-state index contributed by atoms with van der Waals surface area (Å²) in [6.45, 7) is 0. The van der Waals surface area contributed by atoms with E-state index in [1.54, 1.807) is 0 Å². The maximum absolute atomic E-state index is 12.7. The van der Waals surface area contributed by atoms with Crippen LogP contribution in [0.2, 0.25) is 0 Å². The van der Waals surface area contributed by atoms with Crippen LogP contribution in [0.3, 0.4) is 0 Å². The third-order valence-corrected chi connectivity index (χ3v) is 2.86. The molecule has 2 rings (SSSR count). The van der Waals surface area contributed by atoms with Gasteiger partial charge in [0, 0.05) is 11.8 Å². The van der Waals surface area contributed by atoms with Crippen molar-refractivity contribution in [3.8, 4) is 5.75 Å². The Labute approximate surface area is 113 Å². The van der Waals surface area contributed by atoms with E-state index < -0.39 is 17.8 Å². The van der Waals surface area contributed by atoms with Gasteiger partial charge in [0.15, 0.2) is 0 Å². The molecular weight excluding hydrogens is 271 g/mol. The first-order chi connectivity index (χ1) is 9.43. The van der Waals surface area contributed by atoms with Crippen molar-refractivity contribution < 1.29 is 23.0 Å². The maximum atomic E-state index is 12.7. The van der Waals surface area contributed by atoms with Gasteiger partial charge in [-0.25, -0.2) is 0 Å². The minimum Gasteiger partial charge on any atom is -0.495 e. The monoisotopic (exact) mass is 283 g/mol. The number of aliphatic hydroxyl groups is 1. The first kappa shape index (κ1) is 14.3. The SMILES string of the molecule is COc1cnccc1C(O)c1cccc(C(F)(F)F)c1. The summed E-state index contributed by atoms with van der Waals surface area (Å²) in [4.78, 5) is 3.83. The average molecular weight is 283 g/mol. The fraction of sp³-hybridized carbons (Fsp3) is 0.214. The topological polar surface area (TPSA) is 42.4 Å². The van der Waals surface area contributed by atoms with E-state index in [4.69, 9.17) is 4.74 Å². The van der Waals surface area contributed by atoms with E-state index in [-0.39, 0.29) is 5.56 Å². The van der Waals surface area contributed by atoms with Crippen LogP contribution in [0.25, 0.3) is 0 Å². The molecule has 0 aliphatic rings. The number of pyridine rings is 1. The zero-order chi connectivity index (χ0) is 14.8. The molecule has 3 nitrogen and oxygen atoms in total. The molecule has 1 N–H and O–H groups in total. The average Bonchev–Trinajstić information content (AvgIpc) is 2.45. The summed E-state index contributed by atoms with van der Waals surface area (Å²) in [7, 11) is 1.40. The molecule has 1 heterocycles. The predicted molar refractivity (Wildman–Crippen MR) is 66.3 cm³/mol. The lowest BCUT2D eigenvalue weighted by molar-refractivity contribution is -0.137. The van der Waals surface area contributed by atoms with Crippen LogP contribution in [0.5, 0.6) is 5.75 Å². The zero-order valence-corrected chi connectivity index (χ0v) is 10.6. The molecule has 2 aromatic rings. The molecule has 1 unspecified atom stereocenters. The highest BCUT2D eigenvalue weighted by Gasteiger charge is 2.31. The van der Waals surface area contributed by atoms with Gasteiger partial charge in [0.05, 0.1) is 18.9 Å². The lowest BCUT2D eigenvalue weighted by atomic mass is 10.00. The molecule has 1 aromatic heterocycles. The quantitative estimate of drug-likeness (QED) is 0.940. The lowest BCUT2D eigenvalue weighted by Gasteiger charge is -2.16. The number of nitrogens with zero attached hydrogens (tertiary/aromatic N) is 1. The van der Waals surface area contributed by atoms with Gasteiger partial charge >= 0.3 is 6.18 Å². The molecule has 0 spiro atoms. The number of benzene rings is 1. The number of halogens is 3. The molecule has 106 valence electrons. The Hall–Kier alpha value is -2.08. The van der Waals surface area contributed by atoms with E-state index in [2.05, 4.69) is 4.98 Å². The molecule has 0 fully saturated rings. The molecule has 20 heavy (non-hydrogen) atoms. The molecule has 0 radical (unpaired) electrons. The van der Waals surface area contributed by atoms with Crippen LogP contribution < -0.4 is 4.74 Å². The smallest absolute Gasteiger partial charge is 0.416 e. The summed E-state index contributed by atoms with van der Waals surface area (Å²) < 4.78 is 43.0. The Kier molecular flexibility index (Phi) is 3.94. The second-order valence-electron chi connectivity index (χ2n) is 4.14. The van der Waals surface area contributed by atoms with Gasteiger partial charge in [-0.2, -0.15) is 13.2 Å². The second-order valence-corrected chi connectivity index (χ2v) is 4.14. The Bertz CT molecular complexity index is 599. The summed E-state index contributed by atoms with van der Waals surface area (Å²) in [5, 5.41) is 10.2. The third kappa shape index (κ3) is 2.91. The Morgan fingerprint density at radius 3 is 2.65 bits per heavy atom. The van der Waals surface area contributed by atoms with Crippen LogP contribution in [-0.2, 0) is 6.18 Å². The standard InChI is InChI=1S/C14H12F3NO2/c1-20-12-8-18-6-5-11(12)13(19)9-3-2-4-10(7-9)14(15,16)17/h2-8,13,19H,1H3. The predicted octanol–water partition coefficient (Wildman–Crippen LogP) is 3.19. The highest BCUT2D eigenvalue weighted by Crippen LogP contribution is 2.34. The molecule has 6 heteroatoms. The lowest BCUT2D eigenvalue weighted by Crippen LogP contribution is -2.08. The van der Waals surface area contributed by atoms with E-state index in [1.807, 2.05) is 0 Å². The van der Waals surface area contributed by atoms with Crippen LogP contribution >= 0.6 is 0 Å². The van der Waals surface area contributed by atoms with Gasteiger partial charge in [0.2, 0.25) is 0 Å². The third-order valence-electron chi connectivity index (χ3n) is 2.86. The Morgan fingerprint density at radius 1 is 1.25 bits per heavy atom. The number of hydrogen-bond acceptors (Lipinski definition) is 3. The molecule has 0 aliphatic carbocycles. The summed E-state index contributed by atoms with van der Waals surface area (Å²) in [6.07, 6.45) is -2.82. The Balaban J connectivity index is 2.41. The number of hydrogen-bond donors (Lipinski definition) is 1. The molecule has 1 aromatic carbocycles. The van der Waals surface area contributed by atoms with E-state index in [0.717, 1.165) is 12.1 Å². The molecule has 0 aliphatic heterocycles. The normalized spacial score (nSPS) is 13.1. The van der Waals surface area contributed by atoms with Crippen molar-refractivity contribution in [2.75, 3.05) is 7.11 Å². The Morgan fingerprint density at radius 2 is 2.00 bits per heavy atom. The van der Waals surface area contributed by atoms with Crippen LogP contribution in [-0.4, -0.2) is 17.2 Å². The van der Waals surface area contributed by atoms with Crippen LogP contribution in [0, 0.1) is 0 Å². The summed E-state index contributed by atoms with van der Waals surface area (Å²) >= 11 is 0. The van der Waals surface area contributed by atoms with Crippen molar-refractivity contribution in [1.82, 2.24) is 4.98 Å². The van der Waals surface area contributed by atoms with Crippen LogP contribution in [0.15, 0.2) is 42.7 Å². The van der Waals surface area contributed by atoms with Gasteiger partial charge in [-0.15, -0.1) is 0 Å². The van der Waals surface area contributed by atoms with E-state index in [1.165, 1.54) is 37.7 Å². The first-order valence-electron chi connectivity index (χ1n) is 5.76. The van der Waals surface area contributed by atoms with Gasteiger partial charge < -0.3 is 9.84 Å². The number of rotatable bonds is 3. The van der Waals surface area contributed by atoms with Crippen molar-refractivity contribution in [2.45, 2.75) is 12.3 Å². The van der Waals surface area contributed by atoms with Gasteiger partial charge in [0.1, 0.15) is 11.9 Å². The fourth-order valence-corrected chi connectivity index (χ4v) is 1.85. The highest BCUT2D eigenvalue weighted by atomic mass is 19.4. The van der Waals surface area contributed by atoms with Crippen molar-refractivity contribution >= 4 is 0 Å². The van der Waals surface area contributed by atoms with Crippen LogP contribution in [0.1, 0.15) is 22.8 Å². The van der Waals surface area contributed by atoms with Gasteiger partial charge in [0.25, 0.3) is 0 Å². The van der Waals surface area contributed by atoms with Crippen LogP contribution in [0.4, 0.5) is 13.2 Å².